The Labute approximate surface area is 91.1 Å². The van der Waals surface area contributed by atoms with Gasteiger partial charge in [-0.25, -0.2) is 0 Å². The molecule has 15 heavy (non-hydrogen) atoms. The first-order valence-corrected chi connectivity index (χ1v) is 5.73. The minimum Gasteiger partial charge on any atom is -0.457 e. The Morgan fingerprint density at radius 3 is 2.73 bits per heavy atom. The Balaban J connectivity index is 2.08. The van der Waals surface area contributed by atoms with E-state index in [1.165, 1.54) is 0 Å². The van der Waals surface area contributed by atoms with Crippen LogP contribution >= 0.6 is 0 Å². The summed E-state index contributed by atoms with van der Waals surface area (Å²) in [6, 6.07) is 0. The van der Waals surface area contributed by atoms with E-state index in [4.69, 9.17) is 15.2 Å². The molecule has 88 valence electrons. The van der Waals surface area contributed by atoms with Gasteiger partial charge in [0.25, 0.3) is 0 Å². The maximum Gasteiger partial charge on any atom is 0.306 e. The summed E-state index contributed by atoms with van der Waals surface area (Å²) >= 11 is 0. The van der Waals surface area contributed by atoms with E-state index in [0.29, 0.717) is 32.1 Å². The van der Waals surface area contributed by atoms with Crippen LogP contribution in [0.4, 0.5) is 0 Å². The molecule has 2 N–H and O–H groups in total. The van der Waals surface area contributed by atoms with Crippen molar-refractivity contribution in [1.29, 1.82) is 0 Å². The molecule has 0 saturated carbocycles. The third-order valence-corrected chi connectivity index (χ3v) is 2.81. The highest BCUT2D eigenvalue weighted by Crippen LogP contribution is 2.16. The standard InChI is InChI=1S/C11H21NO3/c1-2-9(5-6-12)3-4-11(13)15-10-7-14-8-10/h9-10H,2-8,12H2,1H3. The summed E-state index contributed by atoms with van der Waals surface area (Å²) in [5.74, 6) is 0.457. The Morgan fingerprint density at radius 1 is 1.53 bits per heavy atom. The van der Waals surface area contributed by atoms with E-state index in [0.717, 1.165) is 19.3 Å². The summed E-state index contributed by atoms with van der Waals surface area (Å²) in [4.78, 5) is 11.4. The van der Waals surface area contributed by atoms with Gasteiger partial charge in [-0.2, -0.15) is 0 Å². The highest BCUT2D eigenvalue weighted by Gasteiger charge is 2.22. The molecule has 0 aromatic carbocycles. The van der Waals surface area contributed by atoms with E-state index in [-0.39, 0.29) is 12.1 Å². The fraction of sp³-hybridized carbons (Fsp3) is 0.909. The molecule has 1 rings (SSSR count). The van der Waals surface area contributed by atoms with Crippen molar-refractivity contribution >= 4 is 5.97 Å². The van der Waals surface area contributed by atoms with Crippen LogP contribution in [-0.2, 0) is 14.3 Å². The zero-order valence-corrected chi connectivity index (χ0v) is 9.41. The van der Waals surface area contributed by atoms with Crippen LogP contribution in [0.3, 0.4) is 0 Å². The van der Waals surface area contributed by atoms with Gasteiger partial charge >= 0.3 is 5.97 Å². The number of esters is 1. The molecule has 1 fully saturated rings. The van der Waals surface area contributed by atoms with Crippen molar-refractivity contribution in [2.75, 3.05) is 19.8 Å². The van der Waals surface area contributed by atoms with Gasteiger partial charge in [0.15, 0.2) is 0 Å². The molecular formula is C11H21NO3. The largest absolute Gasteiger partial charge is 0.457 e. The fourth-order valence-corrected chi connectivity index (χ4v) is 1.64. The summed E-state index contributed by atoms with van der Waals surface area (Å²) in [6.45, 7) is 3.95. The van der Waals surface area contributed by atoms with Crippen molar-refractivity contribution in [1.82, 2.24) is 0 Å². The summed E-state index contributed by atoms with van der Waals surface area (Å²) in [6.07, 6.45) is 3.48. The lowest BCUT2D eigenvalue weighted by molar-refractivity contribution is -0.172. The summed E-state index contributed by atoms with van der Waals surface area (Å²) in [5.41, 5.74) is 5.49. The van der Waals surface area contributed by atoms with Crippen LogP contribution in [-0.4, -0.2) is 31.8 Å². The molecule has 0 spiro atoms. The molecule has 0 aliphatic carbocycles. The molecule has 1 atom stereocenters. The lowest BCUT2D eigenvalue weighted by Gasteiger charge is -2.25. The molecule has 0 amide bonds. The number of ether oxygens (including phenoxy) is 2. The second kappa shape index (κ2) is 6.80. The lowest BCUT2D eigenvalue weighted by atomic mass is 9.97. The normalized spacial score (nSPS) is 18.3. The van der Waals surface area contributed by atoms with Gasteiger partial charge in [-0.3, -0.25) is 4.79 Å². The third kappa shape index (κ3) is 4.62. The van der Waals surface area contributed by atoms with Gasteiger partial charge in [-0.1, -0.05) is 13.3 Å². The summed E-state index contributed by atoms with van der Waals surface area (Å²) in [7, 11) is 0. The van der Waals surface area contributed by atoms with E-state index in [9.17, 15) is 4.79 Å². The molecule has 0 radical (unpaired) electrons. The van der Waals surface area contributed by atoms with Crippen molar-refractivity contribution < 1.29 is 14.3 Å². The highest BCUT2D eigenvalue weighted by atomic mass is 16.6. The summed E-state index contributed by atoms with van der Waals surface area (Å²) < 4.78 is 10.1. The molecule has 0 bridgehead atoms. The van der Waals surface area contributed by atoms with Crippen LogP contribution in [0, 0.1) is 5.92 Å². The van der Waals surface area contributed by atoms with Crippen LogP contribution in [0.1, 0.15) is 32.6 Å². The van der Waals surface area contributed by atoms with E-state index >= 15 is 0 Å². The van der Waals surface area contributed by atoms with Crippen molar-refractivity contribution in [2.24, 2.45) is 11.7 Å². The number of hydrogen-bond donors (Lipinski definition) is 1. The molecule has 1 aliphatic rings. The van der Waals surface area contributed by atoms with Gasteiger partial charge < -0.3 is 15.2 Å². The quantitative estimate of drug-likeness (QED) is 0.646. The molecule has 0 aromatic heterocycles. The maximum atomic E-state index is 11.4. The van der Waals surface area contributed by atoms with Crippen LogP contribution in [0.15, 0.2) is 0 Å². The van der Waals surface area contributed by atoms with E-state index in [2.05, 4.69) is 6.92 Å². The first kappa shape index (κ1) is 12.5. The number of nitrogens with two attached hydrogens (primary N) is 1. The minimum atomic E-state index is -0.0984. The van der Waals surface area contributed by atoms with E-state index in [1.807, 2.05) is 0 Å². The number of carbonyl (C=O) groups is 1. The van der Waals surface area contributed by atoms with Gasteiger partial charge in [0.1, 0.15) is 6.10 Å². The molecule has 4 nitrogen and oxygen atoms in total. The number of hydrogen-bond acceptors (Lipinski definition) is 4. The predicted molar refractivity (Wildman–Crippen MR) is 57.4 cm³/mol. The SMILES string of the molecule is CCC(CCN)CCC(=O)OC1COC1. The molecule has 1 aliphatic heterocycles. The minimum absolute atomic E-state index is 0.00656. The van der Waals surface area contributed by atoms with Crippen molar-refractivity contribution in [2.45, 2.75) is 38.7 Å². The highest BCUT2D eigenvalue weighted by molar-refractivity contribution is 5.69. The van der Waals surface area contributed by atoms with Crippen molar-refractivity contribution in [3.05, 3.63) is 0 Å². The van der Waals surface area contributed by atoms with E-state index < -0.39 is 0 Å². The Morgan fingerprint density at radius 2 is 2.27 bits per heavy atom. The van der Waals surface area contributed by atoms with Gasteiger partial charge in [0.2, 0.25) is 0 Å². The molecule has 1 unspecified atom stereocenters. The lowest BCUT2D eigenvalue weighted by Crippen LogP contribution is -2.37. The second-order valence-electron chi connectivity index (χ2n) is 4.04. The van der Waals surface area contributed by atoms with Crippen LogP contribution < -0.4 is 5.73 Å². The molecular weight excluding hydrogens is 194 g/mol. The van der Waals surface area contributed by atoms with Crippen LogP contribution in [0.5, 0.6) is 0 Å². The van der Waals surface area contributed by atoms with Gasteiger partial charge in [-0.05, 0) is 25.3 Å². The van der Waals surface area contributed by atoms with E-state index in [1.54, 1.807) is 0 Å². The van der Waals surface area contributed by atoms with Crippen LogP contribution in [0.25, 0.3) is 0 Å². The Hall–Kier alpha value is -0.610. The zero-order valence-electron chi connectivity index (χ0n) is 9.41. The zero-order chi connectivity index (χ0) is 11.1. The number of carbonyl (C=O) groups excluding carboxylic acids is 1. The van der Waals surface area contributed by atoms with Gasteiger partial charge in [0, 0.05) is 6.42 Å². The average molecular weight is 215 g/mol. The predicted octanol–water partition coefficient (Wildman–Crippen LogP) is 1.08. The molecule has 1 heterocycles. The number of rotatable bonds is 7. The third-order valence-electron chi connectivity index (χ3n) is 2.81. The monoisotopic (exact) mass is 215 g/mol. The molecule has 1 saturated heterocycles. The smallest absolute Gasteiger partial charge is 0.306 e. The Kier molecular flexibility index (Phi) is 5.65. The van der Waals surface area contributed by atoms with Gasteiger partial charge in [-0.15, -0.1) is 0 Å². The topological polar surface area (TPSA) is 61.6 Å². The first-order valence-electron chi connectivity index (χ1n) is 5.73. The average Bonchev–Trinajstić information content (AvgIpc) is 2.18. The second-order valence-corrected chi connectivity index (χ2v) is 4.04. The Bertz CT molecular complexity index is 192. The molecule has 0 aromatic rings. The maximum absolute atomic E-state index is 11.4. The first-order chi connectivity index (χ1) is 7.26. The van der Waals surface area contributed by atoms with Crippen molar-refractivity contribution in [3.63, 3.8) is 0 Å². The van der Waals surface area contributed by atoms with Gasteiger partial charge in [0.05, 0.1) is 13.2 Å². The summed E-state index contributed by atoms with van der Waals surface area (Å²) in [5, 5.41) is 0. The van der Waals surface area contributed by atoms with Crippen molar-refractivity contribution in [3.8, 4) is 0 Å². The fourth-order valence-electron chi connectivity index (χ4n) is 1.64. The van der Waals surface area contributed by atoms with Crippen LogP contribution in [0.2, 0.25) is 0 Å². The molecule has 4 heteroatoms.